The zero-order chi connectivity index (χ0) is 15.3. The Morgan fingerprint density at radius 3 is 2.62 bits per heavy atom. The normalized spacial score (nSPS) is 11.6. The Kier molecular flexibility index (Phi) is 5.19. The van der Waals surface area contributed by atoms with E-state index in [1.807, 2.05) is 36.6 Å². The second kappa shape index (κ2) is 6.91. The summed E-state index contributed by atoms with van der Waals surface area (Å²) in [6.07, 6.45) is -4.30. The van der Waals surface area contributed by atoms with E-state index in [9.17, 15) is 13.2 Å². The lowest BCUT2D eigenvalue weighted by atomic mass is 10.2. The van der Waals surface area contributed by atoms with Crippen molar-refractivity contribution in [2.45, 2.75) is 26.3 Å². The Morgan fingerprint density at radius 1 is 1.24 bits per heavy atom. The molecule has 0 amide bonds. The van der Waals surface area contributed by atoms with Crippen LogP contribution in [0.25, 0.3) is 0 Å². The number of nitrogens with zero attached hydrogens (tertiary/aromatic N) is 1. The molecule has 2 aromatic rings. The average Bonchev–Trinajstić information content (AvgIpc) is 2.85. The molecule has 1 N–H and O–H groups in total. The Morgan fingerprint density at radius 2 is 1.95 bits per heavy atom. The van der Waals surface area contributed by atoms with Crippen molar-refractivity contribution >= 4 is 17.0 Å². The number of hydrogen-bond acceptors (Lipinski definition) is 4. The van der Waals surface area contributed by atoms with Gasteiger partial charge in [0.05, 0.1) is 18.8 Å². The lowest BCUT2D eigenvalue weighted by molar-refractivity contribution is -0.176. The van der Waals surface area contributed by atoms with Crippen molar-refractivity contribution < 1.29 is 17.9 Å². The highest BCUT2D eigenvalue weighted by Crippen LogP contribution is 2.17. The third-order valence-corrected chi connectivity index (χ3v) is 3.49. The second-order valence-electron chi connectivity index (χ2n) is 4.56. The summed E-state index contributed by atoms with van der Waals surface area (Å²) in [5.74, 6) is 0. The van der Waals surface area contributed by atoms with Crippen molar-refractivity contribution in [2.24, 2.45) is 0 Å². The van der Waals surface area contributed by atoms with Crippen molar-refractivity contribution in [1.82, 2.24) is 4.98 Å². The fraction of sp³-hybridized carbons (Fsp3) is 0.357. The molecule has 2 rings (SSSR count). The molecule has 0 bridgehead atoms. The third kappa shape index (κ3) is 5.73. The highest BCUT2D eigenvalue weighted by atomic mass is 32.1. The first-order chi connectivity index (χ1) is 9.92. The van der Waals surface area contributed by atoms with Gasteiger partial charge in [-0.2, -0.15) is 13.2 Å². The number of alkyl halides is 3. The summed E-state index contributed by atoms with van der Waals surface area (Å²) in [7, 11) is 0. The molecular formula is C14H15F3N2OS. The van der Waals surface area contributed by atoms with Crippen molar-refractivity contribution in [2.75, 3.05) is 11.9 Å². The van der Waals surface area contributed by atoms with Gasteiger partial charge in [0, 0.05) is 11.1 Å². The number of rotatable bonds is 6. The molecule has 114 valence electrons. The van der Waals surface area contributed by atoms with Crippen LogP contribution >= 0.6 is 11.3 Å². The van der Waals surface area contributed by atoms with E-state index in [1.165, 1.54) is 16.9 Å². The third-order valence-electron chi connectivity index (χ3n) is 2.62. The zero-order valence-electron chi connectivity index (χ0n) is 11.4. The lowest BCUT2D eigenvalue weighted by Crippen LogP contribution is -2.16. The molecule has 0 radical (unpaired) electrons. The molecule has 0 spiro atoms. The molecule has 0 aliphatic heterocycles. The number of halogens is 3. The number of anilines is 1. The van der Waals surface area contributed by atoms with Crippen LogP contribution in [0.15, 0.2) is 29.6 Å². The van der Waals surface area contributed by atoms with Crippen LogP contribution in [0, 0.1) is 6.92 Å². The summed E-state index contributed by atoms with van der Waals surface area (Å²) < 4.78 is 40.4. The monoisotopic (exact) mass is 316 g/mol. The molecule has 0 saturated carbocycles. The Hall–Kier alpha value is -1.60. The molecule has 0 aliphatic carbocycles. The summed E-state index contributed by atoms with van der Waals surface area (Å²) in [6.45, 7) is 1.18. The molecule has 0 aliphatic rings. The Labute approximate surface area is 124 Å². The quantitative estimate of drug-likeness (QED) is 0.869. The number of thiazole rings is 1. The van der Waals surface area contributed by atoms with Gasteiger partial charge in [0.25, 0.3) is 0 Å². The first-order valence-electron chi connectivity index (χ1n) is 6.31. The van der Waals surface area contributed by atoms with E-state index in [1.54, 1.807) is 0 Å². The van der Waals surface area contributed by atoms with E-state index in [-0.39, 0.29) is 6.61 Å². The van der Waals surface area contributed by atoms with Crippen LogP contribution in [0.4, 0.5) is 18.9 Å². The minimum Gasteiger partial charge on any atom is -0.379 e. The van der Waals surface area contributed by atoms with Gasteiger partial charge in [0.15, 0.2) is 0 Å². The maximum atomic E-state index is 11.9. The van der Waals surface area contributed by atoms with Crippen LogP contribution < -0.4 is 5.32 Å². The van der Waals surface area contributed by atoms with Crippen LogP contribution in [-0.4, -0.2) is 17.8 Å². The molecule has 1 aromatic heterocycles. The maximum Gasteiger partial charge on any atom is 0.411 e. The molecule has 0 unspecified atom stereocenters. The van der Waals surface area contributed by atoms with Gasteiger partial charge in [0.1, 0.15) is 11.6 Å². The predicted molar refractivity (Wildman–Crippen MR) is 76.3 cm³/mol. The number of hydrogen-bond donors (Lipinski definition) is 1. The first-order valence-corrected chi connectivity index (χ1v) is 7.19. The number of aryl methyl sites for hydroxylation is 1. The molecule has 1 aromatic carbocycles. The number of nitrogens with one attached hydrogen (secondary N) is 1. The molecule has 1 heterocycles. The largest absolute Gasteiger partial charge is 0.411 e. The fourth-order valence-electron chi connectivity index (χ4n) is 1.61. The van der Waals surface area contributed by atoms with Gasteiger partial charge in [-0.05, 0) is 19.1 Å². The molecule has 0 saturated heterocycles. The molecule has 21 heavy (non-hydrogen) atoms. The summed E-state index contributed by atoms with van der Waals surface area (Å²) in [5, 5.41) is 5.56. The smallest absolute Gasteiger partial charge is 0.379 e. The van der Waals surface area contributed by atoms with E-state index < -0.39 is 12.8 Å². The molecule has 7 heteroatoms. The highest BCUT2D eigenvalue weighted by molar-refractivity contribution is 7.09. The lowest BCUT2D eigenvalue weighted by Gasteiger charge is -2.06. The van der Waals surface area contributed by atoms with Gasteiger partial charge in [0.2, 0.25) is 0 Å². The van der Waals surface area contributed by atoms with E-state index in [4.69, 9.17) is 0 Å². The van der Waals surface area contributed by atoms with Crippen molar-refractivity contribution in [3.05, 3.63) is 45.9 Å². The van der Waals surface area contributed by atoms with Crippen molar-refractivity contribution in [1.29, 1.82) is 0 Å². The van der Waals surface area contributed by atoms with Gasteiger partial charge in [-0.1, -0.05) is 17.7 Å². The predicted octanol–water partition coefficient (Wildman–Crippen LogP) is 4.14. The van der Waals surface area contributed by atoms with E-state index in [0.717, 1.165) is 11.4 Å². The minimum atomic E-state index is -4.30. The topological polar surface area (TPSA) is 34.1 Å². The highest BCUT2D eigenvalue weighted by Gasteiger charge is 2.27. The average molecular weight is 316 g/mol. The zero-order valence-corrected chi connectivity index (χ0v) is 12.2. The van der Waals surface area contributed by atoms with Gasteiger partial charge in [-0.3, -0.25) is 0 Å². The maximum absolute atomic E-state index is 11.9. The summed E-state index contributed by atoms with van der Waals surface area (Å²) in [4.78, 5) is 4.23. The number of ether oxygens (including phenoxy) is 1. The summed E-state index contributed by atoms with van der Waals surface area (Å²) in [6, 6.07) is 7.93. The van der Waals surface area contributed by atoms with E-state index >= 15 is 0 Å². The standard InChI is InChI=1S/C14H15F3N2OS/c1-10-2-4-11(5-3-10)18-6-12-8-21-13(19-12)7-20-9-14(15,16)17/h2-5,8,18H,6-7,9H2,1H3. The van der Waals surface area contributed by atoms with Gasteiger partial charge >= 0.3 is 6.18 Å². The fourth-order valence-corrected chi connectivity index (χ4v) is 2.34. The van der Waals surface area contributed by atoms with Gasteiger partial charge in [-0.25, -0.2) is 4.98 Å². The molecule has 0 atom stereocenters. The van der Waals surface area contributed by atoms with Crippen LogP contribution in [0.1, 0.15) is 16.3 Å². The van der Waals surface area contributed by atoms with Crippen molar-refractivity contribution in [3.8, 4) is 0 Å². The van der Waals surface area contributed by atoms with Gasteiger partial charge < -0.3 is 10.1 Å². The molecular weight excluding hydrogens is 301 g/mol. The first kappa shape index (κ1) is 15.8. The number of aromatic nitrogens is 1. The summed E-state index contributed by atoms with van der Waals surface area (Å²) in [5.41, 5.74) is 2.94. The molecule has 0 fully saturated rings. The van der Waals surface area contributed by atoms with Crippen LogP contribution in [0.3, 0.4) is 0 Å². The van der Waals surface area contributed by atoms with Crippen LogP contribution in [-0.2, 0) is 17.9 Å². The van der Waals surface area contributed by atoms with Gasteiger partial charge in [-0.15, -0.1) is 11.3 Å². The van der Waals surface area contributed by atoms with Crippen LogP contribution in [0.2, 0.25) is 0 Å². The Balaban J connectivity index is 1.79. The van der Waals surface area contributed by atoms with E-state index in [2.05, 4.69) is 15.0 Å². The van der Waals surface area contributed by atoms with Crippen molar-refractivity contribution in [3.63, 3.8) is 0 Å². The van der Waals surface area contributed by atoms with E-state index in [0.29, 0.717) is 11.6 Å². The second-order valence-corrected chi connectivity index (χ2v) is 5.50. The number of benzene rings is 1. The minimum absolute atomic E-state index is 0.116. The molecule has 3 nitrogen and oxygen atoms in total. The summed E-state index contributed by atoms with van der Waals surface area (Å²) >= 11 is 1.29. The Bertz CT molecular complexity index is 566. The SMILES string of the molecule is Cc1ccc(NCc2csc(COCC(F)(F)F)n2)cc1. The van der Waals surface area contributed by atoms with Crippen LogP contribution in [0.5, 0.6) is 0 Å².